The number of nitrogen functional groups attached to an aromatic ring is 1. The number of aromatic amines is 1. The van der Waals surface area contributed by atoms with Crippen LogP contribution in [0.5, 0.6) is 0 Å². The van der Waals surface area contributed by atoms with Gasteiger partial charge in [0.1, 0.15) is 5.82 Å². The first kappa shape index (κ1) is 13.1. The summed E-state index contributed by atoms with van der Waals surface area (Å²) < 4.78 is 1.39. The number of benzene rings is 1. The molecular formula is C17H18N4O. The maximum Gasteiger partial charge on any atom is 0.282 e. The average molecular weight is 294 g/mol. The number of nitrogens with zero attached hydrogens (tertiary/aromatic N) is 2. The summed E-state index contributed by atoms with van der Waals surface area (Å²) >= 11 is 0. The molecule has 4 rings (SSSR count). The van der Waals surface area contributed by atoms with Gasteiger partial charge >= 0.3 is 0 Å². The van der Waals surface area contributed by atoms with E-state index in [1.807, 2.05) is 31.2 Å². The van der Waals surface area contributed by atoms with Crippen LogP contribution in [0.15, 0.2) is 24.3 Å². The molecule has 0 saturated carbocycles. The van der Waals surface area contributed by atoms with Gasteiger partial charge < -0.3 is 10.7 Å². The summed E-state index contributed by atoms with van der Waals surface area (Å²) in [5.74, 6) is 0.353. The van der Waals surface area contributed by atoms with Gasteiger partial charge in [0.15, 0.2) is 0 Å². The maximum atomic E-state index is 13.0. The molecule has 0 saturated heterocycles. The lowest BCUT2D eigenvalue weighted by Gasteiger charge is -2.08. The molecular weight excluding hydrogens is 276 g/mol. The monoisotopic (exact) mass is 294 g/mol. The summed E-state index contributed by atoms with van der Waals surface area (Å²) in [6.45, 7) is 1.91. The van der Waals surface area contributed by atoms with Crippen LogP contribution in [0.25, 0.3) is 10.9 Å². The van der Waals surface area contributed by atoms with E-state index >= 15 is 0 Å². The van der Waals surface area contributed by atoms with E-state index in [2.05, 4.69) is 10.1 Å². The molecule has 2 heterocycles. The van der Waals surface area contributed by atoms with Gasteiger partial charge in [-0.1, -0.05) is 18.2 Å². The quantitative estimate of drug-likeness (QED) is 0.724. The van der Waals surface area contributed by atoms with Crippen LogP contribution in [0.2, 0.25) is 0 Å². The fraction of sp³-hybridized carbons (Fsp3) is 0.294. The van der Waals surface area contributed by atoms with Crippen LogP contribution in [0.1, 0.15) is 40.2 Å². The molecule has 5 heteroatoms. The lowest BCUT2D eigenvalue weighted by atomic mass is 9.98. The van der Waals surface area contributed by atoms with Crippen molar-refractivity contribution in [3.05, 3.63) is 46.8 Å². The molecule has 112 valence electrons. The normalized spacial score (nSPS) is 14.2. The van der Waals surface area contributed by atoms with Crippen LogP contribution in [0.3, 0.4) is 0 Å². The largest absolute Gasteiger partial charge is 0.383 e. The summed E-state index contributed by atoms with van der Waals surface area (Å²) in [6.07, 6.45) is 4.06. The third kappa shape index (κ3) is 1.78. The van der Waals surface area contributed by atoms with Crippen LogP contribution in [-0.4, -0.2) is 20.7 Å². The van der Waals surface area contributed by atoms with Crippen LogP contribution in [0, 0.1) is 6.92 Å². The summed E-state index contributed by atoms with van der Waals surface area (Å²) in [5, 5.41) is 5.40. The molecule has 2 aromatic heterocycles. The van der Waals surface area contributed by atoms with Crippen molar-refractivity contribution >= 4 is 22.6 Å². The molecule has 1 aliphatic rings. The zero-order chi connectivity index (χ0) is 15.3. The van der Waals surface area contributed by atoms with Crippen molar-refractivity contribution < 1.29 is 4.79 Å². The van der Waals surface area contributed by atoms with Crippen LogP contribution < -0.4 is 5.73 Å². The Morgan fingerprint density at radius 2 is 2.05 bits per heavy atom. The Bertz CT molecular complexity index is 888. The number of carbonyl (C=O) groups is 1. The highest BCUT2D eigenvalue weighted by atomic mass is 16.2. The van der Waals surface area contributed by atoms with Crippen LogP contribution in [-0.2, 0) is 12.8 Å². The molecule has 0 atom stereocenters. The number of nitrogens with one attached hydrogen (secondary N) is 1. The minimum atomic E-state index is -0.151. The minimum Gasteiger partial charge on any atom is -0.383 e. The van der Waals surface area contributed by atoms with Gasteiger partial charge in [-0.05, 0) is 38.7 Å². The number of H-pyrrole nitrogens is 1. The van der Waals surface area contributed by atoms with Gasteiger partial charge in [0.25, 0.3) is 5.91 Å². The highest BCUT2D eigenvalue weighted by Crippen LogP contribution is 2.28. The summed E-state index contributed by atoms with van der Waals surface area (Å²) in [4.78, 5) is 16.2. The molecule has 3 aromatic rings. The predicted molar refractivity (Wildman–Crippen MR) is 86.0 cm³/mol. The summed E-state index contributed by atoms with van der Waals surface area (Å²) in [5.41, 5.74) is 10.7. The molecule has 3 N–H and O–H groups in total. The van der Waals surface area contributed by atoms with Crippen LogP contribution in [0.4, 0.5) is 5.82 Å². The Labute approximate surface area is 128 Å². The number of fused-ring (bicyclic) bond motifs is 2. The molecule has 22 heavy (non-hydrogen) atoms. The molecule has 1 aromatic carbocycles. The number of hydrogen-bond donors (Lipinski definition) is 2. The van der Waals surface area contributed by atoms with Gasteiger partial charge in [-0.25, -0.2) is 0 Å². The maximum absolute atomic E-state index is 13.0. The van der Waals surface area contributed by atoms with E-state index in [0.717, 1.165) is 53.5 Å². The highest BCUT2D eigenvalue weighted by Gasteiger charge is 2.25. The molecule has 1 aliphatic carbocycles. The number of anilines is 1. The van der Waals surface area contributed by atoms with Gasteiger partial charge in [-0.15, -0.1) is 0 Å². The molecule has 0 radical (unpaired) electrons. The topological polar surface area (TPSA) is 76.7 Å². The Balaban J connectivity index is 1.88. The third-order valence-corrected chi connectivity index (χ3v) is 4.50. The summed E-state index contributed by atoms with van der Waals surface area (Å²) in [6, 6.07) is 7.81. The Kier molecular flexibility index (Phi) is 2.82. The molecule has 0 bridgehead atoms. The summed E-state index contributed by atoms with van der Waals surface area (Å²) in [7, 11) is 0. The first-order chi connectivity index (χ1) is 10.7. The van der Waals surface area contributed by atoms with Crippen molar-refractivity contribution in [2.45, 2.75) is 32.6 Å². The van der Waals surface area contributed by atoms with Gasteiger partial charge in [0.2, 0.25) is 0 Å². The second-order valence-corrected chi connectivity index (χ2v) is 5.91. The minimum absolute atomic E-state index is 0.151. The molecule has 5 nitrogen and oxygen atoms in total. The molecule has 0 aliphatic heterocycles. The standard InChI is InChI=1S/C17H18N4O/c1-10-15(11-6-2-4-8-13(11)19-10)17(22)21-16(18)12-7-3-5-9-14(12)20-21/h2,4,6,8,19H,3,5,7,9,18H2,1H3. The Morgan fingerprint density at radius 1 is 1.27 bits per heavy atom. The first-order valence-electron chi connectivity index (χ1n) is 7.65. The van der Waals surface area contributed by atoms with E-state index in [-0.39, 0.29) is 5.91 Å². The van der Waals surface area contributed by atoms with Gasteiger partial charge in [0, 0.05) is 22.2 Å². The molecule has 0 spiro atoms. The van der Waals surface area contributed by atoms with Crippen molar-refractivity contribution in [2.24, 2.45) is 0 Å². The highest BCUT2D eigenvalue weighted by molar-refractivity contribution is 6.09. The zero-order valence-corrected chi connectivity index (χ0v) is 12.5. The third-order valence-electron chi connectivity index (χ3n) is 4.50. The fourth-order valence-electron chi connectivity index (χ4n) is 3.39. The van der Waals surface area contributed by atoms with Crippen molar-refractivity contribution in [1.29, 1.82) is 0 Å². The average Bonchev–Trinajstić information content (AvgIpc) is 3.04. The van der Waals surface area contributed by atoms with Gasteiger partial charge in [0.05, 0.1) is 11.3 Å². The second-order valence-electron chi connectivity index (χ2n) is 5.91. The van der Waals surface area contributed by atoms with Crippen molar-refractivity contribution in [3.8, 4) is 0 Å². The van der Waals surface area contributed by atoms with E-state index in [1.165, 1.54) is 4.68 Å². The second kappa shape index (κ2) is 4.73. The number of nitrogens with two attached hydrogens (primary N) is 1. The Hall–Kier alpha value is -2.56. The van der Waals surface area contributed by atoms with Crippen molar-refractivity contribution in [2.75, 3.05) is 5.73 Å². The van der Waals surface area contributed by atoms with Crippen molar-refractivity contribution in [3.63, 3.8) is 0 Å². The number of aromatic nitrogens is 3. The number of rotatable bonds is 1. The predicted octanol–water partition coefficient (Wildman–Crippen LogP) is 2.82. The number of para-hydroxylation sites is 1. The smallest absolute Gasteiger partial charge is 0.282 e. The fourth-order valence-corrected chi connectivity index (χ4v) is 3.39. The zero-order valence-electron chi connectivity index (χ0n) is 12.5. The van der Waals surface area contributed by atoms with Gasteiger partial charge in [-0.2, -0.15) is 9.78 Å². The van der Waals surface area contributed by atoms with E-state index in [1.54, 1.807) is 0 Å². The lowest BCUT2D eigenvalue weighted by Crippen LogP contribution is -2.17. The van der Waals surface area contributed by atoms with Crippen molar-refractivity contribution in [1.82, 2.24) is 14.8 Å². The number of aryl methyl sites for hydroxylation is 2. The lowest BCUT2D eigenvalue weighted by molar-refractivity contribution is 0.0948. The van der Waals surface area contributed by atoms with Gasteiger partial charge in [-0.3, -0.25) is 4.79 Å². The molecule has 0 unspecified atom stereocenters. The van der Waals surface area contributed by atoms with E-state index in [4.69, 9.17) is 5.73 Å². The molecule has 0 amide bonds. The van der Waals surface area contributed by atoms with Crippen LogP contribution >= 0.6 is 0 Å². The van der Waals surface area contributed by atoms with E-state index < -0.39 is 0 Å². The number of carbonyl (C=O) groups excluding carboxylic acids is 1. The van der Waals surface area contributed by atoms with E-state index in [0.29, 0.717) is 11.4 Å². The molecule has 0 fully saturated rings. The Morgan fingerprint density at radius 3 is 2.86 bits per heavy atom. The SMILES string of the molecule is Cc1[nH]c2ccccc2c1C(=O)n1nc2c(c1N)CCCC2. The number of hydrogen-bond acceptors (Lipinski definition) is 3. The van der Waals surface area contributed by atoms with E-state index in [9.17, 15) is 4.79 Å². The first-order valence-corrected chi connectivity index (χ1v) is 7.65.